The second-order valence-corrected chi connectivity index (χ2v) is 6.72. The Morgan fingerprint density at radius 3 is 2.20 bits per heavy atom. The molecule has 3 rings (SSSR count). The van der Waals surface area contributed by atoms with Gasteiger partial charge in [-0.3, -0.25) is 9.59 Å². The van der Waals surface area contributed by atoms with E-state index in [2.05, 4.69) is 5.32 Å². The number of hydrogen-bond donors (Lipinski definition) is 1. The predicted octanol–water partition coefficient (Wildman–Crippen LogP) is 5.82. The van der Waals surface area contributed by atoms with Crippen LogP contribution in [0.4, 0.5) is 23.2 Å². The quantitative estimate of drug-likeness (QED) is 0.422. The highest BCUT2D eigenvalue weighted by atomic mass is 19.4. The number of nitrogens with one attached hydrogen (secondary N) is 1. The Balaban J connectivity index is 1.83. The van der Waals surface area contributed by atoms with E-state index in [0.717, 1.165) is 12.1 Å². The summed E-state index contributed by atoms with van der Waals surface area (Å²) in [5.41, 5.74) is -0.498. The molecule has 1 N–H and O–H groups in total. The van der Waals surface area contributed by atoms with Gasteiger partial charge in [0.05, 0.1) is 17.2 Å². The van der Waals surface area contributed by atoms with Crippen molar-refractivity contribution >= 4 is 17.4 Å². The fraction of sp³-hybridized carbons (Fsp3) is 0.130. The first kappa shape index (κ1) is 21.2. The maximum absolute atomic E-state index is 13.3. The molecule has 0 aliphatic rings. The SMILES string of the molecule is C[C@H](C(=O)Nc1ccc(F)cc1C(F)(F)F)c1cccc(C(=O)c2ccccc2)c1. The van der Waals surface area contributed by atoms with E-state index in [4.69, 9.17) is 0 Å². The summed E-state index contributed by atoms with van der Waals surface area (Å²) < 4.78 is 52.7. The number of hydrogen-bond acceptors (Lipinski definition) is 2. The Hall–Kier alpha value is -3.48. The van der Waals surface area contributed by atoms with Crippen LogP contribution in [0.15, 0.2) is 72.8 Å². The number of ketones is 1. The van der Waals surface area contributed by atoms with Crippen LogP contribution in [-0.4, -0.2) is 11.7 Å². The summed E-state index contributed by atoms with van der Waals surface area (Å²) in [4.78, 5) is 25.2. The third-order valence-corrected chi connectivity index (χ3v) is 4.62. The fourth-order valence-corrected chi connectivity index (χ4v) is 2.96. The van der Waals surface area contributed by atoms with E-state index in [-0.39, 0.29) is 5.78 Å². The van der Waals surface area contributed by atoms with Crippen LogP contribution in [0.2, 0.25) is 0 Å². The van der Waals surface area contributed by atoms with Crippen LogP contribution in [0.3, 0.4) is 0 Å². The van der Waals surface area contributed by atoms with Crippen LogP contribution in [0.25, 0.3) is 0 Å². The lowest BCUT2D eigenvalue weighted by Gasteiger charge is -2.17. The molecular weight excluding hydrogens is 398 g/mol. The number of alkyl halides is 3. The van der Waals surface area contributed by atoms with Crippen molar-refractivity contribution in [1.82, 2.24) is 0 Å². The zero-order valence-corrected chi connectivity index (χ0v) is 15.8. The van der Waals surface area contributed by atoms with Crippen LogP contribution in [0.5, 0.6) is 0 Å². The van der Waals surface area contributed by atoms with Crippen LogP contribution in [0, 0.1) is 5.82 Å². The second kappa shape index (κ2) is 8.49. The average Bonchev–Trinajstić information content (AvgIpc) is 2.73. The topological polar surface area (TPSA) is 46.2 Å². The Morgan fingerprint density at radius 2 is 1.53 bits per heavy atom. The van der Waals surface area contributed by atoms with Crippen molar-refractivity contribution in [2.45, 2.75) is 19.0 Å². The lowest BCUT2D eigenvalue weighted by Crippen LogP contribution is -2.21. The first-order valence-electron chi connectivity index (χ1n) is 9.04. The van der Waals surface area contributed by atoms with Gasteiger partial charge in [-0.05, 0) is 36.8 Å². The minimum absolute atomic E-state index is 0.233. The third-order valence-electron chi connectivity index (χ3n) is 4.62. The van der Waals surface area contributed by atoms with Gasteiger partial charge in [0.25, 0.3) is 0 Å². The molecule has 0 saturated carbocycles. The molecule has 154 valence electrons. The van der Waals surface area contributed by atoms with Crippen molar-refractivity contribution in [2.75, 3.05) is 5.32 Å². The monoisotopic (exact) mass is 415 g/mol. The van der Waals surface area contributed by atoms with Gasteiger partial charge in [-0.15, -0.1) is 0 Å². The van der Waals surface area contributed by atoms with Crippen molar-refractivity contribution < 1.29 is 27.2 Å². The van der Waals surface area contributed by atoms with Crippen molar-refractivity contribution in [2.24, 2.45) is 0 Å². The van der Waals surface area contributed by atoms with E-state index < -0.39 is 35.1 Å². The van der Waals surface area contributed by atoms with E-state index >= 15 is 0 Å². The predicted molar refractivity (Wildman–Crippen MR) is 105 cm³/mol. The Kier molecular flexibility index (Phi) is 6.01. The molecule has 0 aliphatic heterocycles. The molecule has 0 heterocycles. The molecule has 0 fully saturated rings. The summed E-state index contributed by atoms with van der Waals surface area (Å²) in [6.07, 6.45) is -4.82. The van der Waals surface area contributed by atoms with Crippen LogP contribution >= 0.6 is 0 Å². The highest BCUT2D eigenvalue weighted by Gasteiger charge is 2.34. The molecule has 0 saturated heterocycles. The lowest BCUT2D eigenvalue weighted by molar-refractivity contribution is -0.137. The van der Waals surface area contributed by atoms with Gasteiger partial charge in [-0.1, -0.05) is 48.5 Å². The van der Waals surface area contributed by atoms with Gasteiger partial charge >= 0.3 is 6.18 Å². The molecule has 1 amide bonds. The maximum Gasteiger partial charge on any atom is 0.418 e. The van der Waals surface area contributed by atoms with Gasteiger partial charge in [-0.2, -0.15) is 13.2 Å². The van der Waals surface area contributed by atoms with Gasteiger partial charge in [-0.25, -0.2) is 4.39 Å². The van der Waals surface area contributed by atoms with E-state index in [9.17, 15) is 27.2 Å². The Morgan fingerprint density at radius 1 is 0.867 bits per heavy atom. The number of rotatable bonds is 5. The molecule has 0 unspecified atom stereocenters. The van der Waals surface area contributed by atoms with Gasteiger partial charge < -0.3 is 5.32 Å². The Labute approximate surface area is 170 Å². The van der Waals surface area contributed by atoms with E-state index in [0.29, 0.717) is 22.8 Å². The van der Waals surface area contributed by atoms with Crippen molar-refractivity contribution in [3.05, 3.63) is 101 Å². The molecule has 0 spiro atoms. The molecule has 0 radical (unpaired) electrons. The number of amides is 1. The van der Waals surface area contributed by atoms with Crippen LogP contribution in [0.1, 0.15) is 39.9 Å². The molecule has 0 aromatic heterocycles. The zero-order chi connectivity index (χ0) is 21.9. The molecule has 7 heteroatoms. The van der Waals surface area contributed by atoms with Crippen LogP contribution in [-0.2, 0) is 11.0 Å². The number of anilines is 1. The number of carbonyl (C=O) groups is 2. The highest BCUT2D eigenvalue weighted by molar-refractivity contribution is 6.09. The highest BCUT2D eigenvalue weighted by Crippen LogP contribution is 2.35. The maximum atomic E-state index is 13.3. The first-order valence-corrected chi connectivity index (χ1v) is 9.04. The summed E-state index contributed by atoms with van der Waals surface area (Å²) in [5.74, 6) is -2.85. The molecule has 30 heavy (non-hydrogen) atoms. The Bertz CT molecular complexity index is 1080. The second-order valence-electron chi connectivity index (χ2n) is 6.72. The van der Waals surface area contributed by atoms with Gasteiger partial charge in [0.2, 0.25) is 5.91 Å². The van der Waals surface area contributed by atoms with Gasteiger partial charge in [0.1, 0.15) is 5.82 Å². The fourth-order valence-electron chi connectivity index (χ4n) is 2.96. The summed E-state index contributed by atoms with van der Waals surface area (Å²) in [5, 5.41) is 2.21. The average molecular weight is 415 g/mol. The standard InChI is InChI=1S/C23H17F4NO2/c1-14(22(30)28-20-11-10-18(24)13-19(20)23(25,26)27)16-8-5-9-17(12-16)21(29)15-6-3-2-4-7-15/h2-14H,1H3,(H,28,30)/t14-/m0/s1. The molecule has 3 aromatic rings. The minimum atomic E-state index is -4.82. The summed E-state index contributed by atoms with van der Waals surface area (Å²) >= 11 is 0. The smallest absolute Gasteiger partial charge is 0.325 e. The summed E-state index contributed by atoms with van der Waals surface area (Å²) in [7, 11) is 0. The molecule has 3 nitrogen and oxygen atoms in total. The lowest BCUT2D eigenvalue weighted by atomic mass is 9.95. The van der Waals surface area contributed by atoms with E-state index in [1.807, 2.05) is 0 Å². The first-order chi connectivity index (χ1) is 14.2. The molecule has 0 aliphatic carbocycles. The molecular formula is C23H17F4NO2. The summed E-state index contributed by atoms with van der Waals surface area (Å²) in [6.45, 7) is 1.51. The number of carbonyl (C=O) groups excluding carboxylic acids is 2. The molecule has 0 bridgehead atoms. The third kappa shape index (κ3) is 4.74. The van der Waals surface area contributed by atoms with Crippen molar-refractivity contribution in [1.29, 1.82) is 0 Å². The van der Waals surface area contributed by atoms with Crippen molar-refractivity contribution in [3.8, 4) is 0 Å². The number of benzene rings is 3. The van der Waals surface area contributed by atoms with Gasteiger partial charge in [0.15, 0.2) is 5.78 Å². The largest absolute Gasteiger partial charge is 0.418 e. The molecule has 3 aromatic carbocycles. The minimum Gasteiger partial charge on any atom is -0.325 e. The van der Waals surface area contributed by atoms with E-state index in [1.54, 1.807) is 48.5 Å². The zero-order valence-electron chi connectivity index (χ0n) is 15.8. The number of halogens is 4. The van der Waals surface area contributed by atoms with Crippen molar-refractivity contribution in [3.63, 3.8) is 0 Å². The van der Waals surface area contributed by atoms with E-state index in [1.165, 1.54) is 13.0 Å². The summed E-state index contributed by atoms with van der Waals surface area (Å²) in [6, 6.07) is 17.0. The molecule has 1 atom stereocenters. The van der Waals surface area contributed by atoms with Gasteiger partial charge in [0, 0.05) is 11.1 Å². The van der Waals surface area contributed by atoms with Crippen LogP contribution < -0.4 is 5.32 Å². The normalized spacial score (nSPS) is 12.3.